The van der Waals surface area contributed by atoms with Gasteiger partial charge in [-0.1, -0.05) is 24.9 Å². The second-order valence-electron chi connectivity index (χ2n) is 4.42. The Kier molecular flexibility index (Phi) is 4.05. The van der Waals surface area contributed by atoms with Crippen molar-refractivity contribution in [2.75, 3.05) is 0 Å². The van der Waals surface area contributed by atoms with Gasteiger partial charge in [-0.25, -0.2) is 4.98 Å². The molecule has 2 rings (SSSR count). The third-order valence-electron chi connectivity index (χ3n) is 3.34. The van der Waals surface area contributed by atoms with E-state index in [0.717, 1.165) is 6.42 Å². The van der Waals surface area contributed by atoms with E-state index in [9.17, 15) is 0 Å². The molecule has 2 unspecified atom stereocenters. The number of ether oxygens (including phenoxy) is 1. The smallest absolute Gasteiger partial charge is 0.213 e. The molecule has 1 saturated carbocycles. The van der Waals surface area contributed by atoms with Crippen molar-refractivity contribution in [1.82, 2.24) is 4.98 Å². The van der Waals surface area contributed by atoms with Gasteiger partial charge in [0.1, 0.15) is 6.10 Å². The maximum Gasteiger partial charge on any atom is 0.213 e. The normalized spacial score (nSPS) is 25.4. The molecule has 0 radical (unpaired) electrons. The number of aromatic nitrogens is 1. The van der Waals surface area contributed by atoms with Crippen LogP contribution in [0.5, 0.6) is 5.88 Å². The molecule has 0 saturated heterocycles. The second kappa shape index (κ2) is 5.53. The lowest BCUT2D eigenvalue weighted by molar-refractivity contribution is 0.0859. The third-order valence-corrected chi connectivity index (χ3v) is 3.56. The van der Waals surface area contributed by atoms with E-state index in [4.69, 9.17) is 16.3 Å². The standard InChI is InChI=1S/C13H18ClNO/c1-2-10-5-3-4-6-12(10)16-13-8-7-11(14)9-15-13/h7-10,12H,2-6H2,1H3. The lowest BCUT2D eigenvalue weighted by atomic mass is 9.85. The van der Waals surface area contributed by atoms with E-state index >= 15 is 0 Å². The van der Waals surface area contributed by atoms with Gasteiger partial charge in [0.15, 0.2) is 0 Å². The van der Waals surface area contributed by atoms with Crippen LogP contribution in [0.25, 0.3) is 0 Å². The van der Waals surface area contributed by atoms with Crippen LogP contribution in [0.4, 0.5) is 0 Å². The molecule has 2 atom stereocenters. The topological polar surface area (TPSA) is 22.1 Å². The van der Waals surface area contributed by atoms with Gasteiger partial charge >= 0.3 is 0 Å². The van der Waals surface area contributed by atoms with Gasteiger partial charge in [-0.2, -0.15) is 0 Å². The average molecular weight is 240 g/mol. The summed E-state index contributed by atoms with van der Waals surface area (Å²) in [5.74, 6) is 1.39. The van der Waals surface area contributed by atoms with Crippen LogP contribution in [0.3, 0.4) is 0 Å². The fraction of sp³-hybridized carbons (Fsp3) is 0.615. The molecule has 0 bridgehead atoms. The Balaban J connectivity index is 1.99. The van der Waals surface area contributed by atoms with E-state index in [1.54, 1.807) is 6.20 Å². The van der Waals surface area contributed by atoms with E-state index in [1.807, 2.05) is 12.1 Å². The monoisotopic (exact) mass is 239 g/mol. The van der Waals surface area contributed by atoms with Crippen molar-refractivity contribution in [2.45, 2.75) is 45.1 Å². The lowest BCUT2D eigenvalue weighted by Gasteiger charge is -2.30. The molecule has 88 valence electrons. The van der Waals surface area contributed by atoms with E-state index in [-0.39, 0.29) is 0 Å². The molecule has 1 aliphatic rings. The second-order valence-corrected chi connectivity index (χ2v) is 4.86. The van der Waals surface area contributed by atoms with Crippen molar-refractivity contribution in [3.8, 4) is 5.88 Å². The highest BCUT2D eigenvalue weighted by molar-refractivity contribution is 6.30. The van der Waals surface area contributed by atoms with Crippen LogP contribution in [0.1, 0.15) is 39.0 Å². The van der Waals surface area contributed by atoms with Crippen molar-refractivity contribution in [3.63, 3.8) is 0 Å². The Hall–Kier alpha value is -0.760. The number of pyridine rings is 1. The van der Waals surface area contributed by atoms with E-state index in [1.165, 1.54) is 25.7 Å². The fourth-order valence-electron chi connectivity index (χ4n) is 2.38. The van der Waals surface area contributed by atoms with E-state index in [0.29, 0.717) is 22.9 Å². The summed E-state index contributed by atoms with van der Waals surface area (Å²) in [6.45, 7) is 2.24. The minimum Gasteiger partial charge on any atom is -0.474 e. The Bertz CT molecular complexity index is 325. The third kappa shape index (κ3) is 2.88. The first-order valence-corrected chi connectivity index (χ1v) is 6.45. The van der Waals surface area contributed by atoms with Gasteiger partial charge in [0.2, 0.25) is 5.88 Å². The summed E-state index contributed by atoms with van der Waals surface area (Å²) in [4.78, 5) is 4.19. The largest absolute Gasteiger partial charge is 0.474 e. The molecule has 1 aromatic rings. The highest BCUT2D eigenvalue weighted by Gasteiger charge is 2.25. The van der Waals surface area contributed by atoms with E-state index < -0.39 is 0 Å². The van der Waals surface area contributed by atoms with Gasteiger partial charge in [0, 0.05) is 12.3 Å². The van der Waals surface area contributed by atoms with Crippen molar-refractivity contribution >= 4 is 11.6 Å². The minimum absolute atomic E-state index is 0.340. The molecule has 0 aliphatic heterocycles. The van der Waals surface area contributed by atoms with Gasteiger partial charge in [0.05, 0.1) is 5.02 Å². The summed E-state index contributed by atoms with van der Waals surface area (Å²) < 4.78 is 5.94. The molecular weight excluding hydrogens is 222 g/mol. The lowest BCUT2D eigenvalue weighted by Crippen LogP contribution is -2.30. The van der Waals surface area contributed by atoms with Gasteiger partial charge in [0.25, 0.3) is 0 Å². The first-order valence-electron chi connectivity index (χ1n) is 6.08. The molecule has 1 aliphatic carbocycles. The number of hydrogen-bond acceptors (Lipinski definition) is 2. The number of halogens is 1. The summed E-state index contributed by atoms with van der Waals surface area (Å²) >= 11 is 5.79. The number of rotatable bonds is 3. The average Bonchev–Trinajstić information content (AvgIpc) is 2.33. The zero-order valence-electron chi connectivity index (χ0n) is 9.66. The van der Waals surface area contributed by atoms with E-state index in [2.05, 4.69) is 11.9 Å². The molecule has 1 aromatic heterocycles. The highest BCUT2D eigenvalue weighted by Crippen LogP contribution is 2.29. The van der Waals surface area contributed by atoms with Gasteiger partial charge in [-0.3, -0.25) is 0 Å². The molecular formula is C13H18ClNO. The van der Waals surface area contributed by atoms with Crippen LogP contribution in [-0.2, 0) is 0 Å². The summed E-state index contributed by atoms with van der Waals surface area (Å²) in [5.41, 5.74) is 0. The summed E-state index contributed by atoms with van der Waals surface area (Å²) in [6.07, 6.45) is 8.23. The van der Waals surface area contributed by atoms with Crippen molar-refractivity contribution in [2.24, 2.45) is 5.92 Å². The van der Waals surface area contributed by atoms with Gasteiger partial charge in [-0.05, 0) is 37.7 Å². The minimum atomic E-state index is 0.340. The molecule has 3 heteroatoms. The zero-order valence-corrected chi connectivity index (χ0v) is 10.4. The van der Waals surface area contributed by atoms with Crippen LogP contribution in [0.15, 0.2) is 18.3 Å². The first kappa shape index (κ1) is 11.7. The Morgan fingerprint density at radius 2 is 2.19 bits per heavy atom. The van der Waals surface area contributed by atoms with Crippen LogP contribution in [-0.4, -0.2) is 11.1 Å². The summed E-state index contributed by atoms with van der Waals surface area (Å²) in [5, 5.41) is 0.656. The summed E-state index contributed by atoms with van der Waals surface area (Å²) in [7, 11) is 0. The van der Waals surface area contributed by atoms with Crippen molar-refractivity contribution in [1.29, 1.82) is 0 Å². The number of hydrogen-bond donors (Lipinski definition) is 0. The molecule has 0 N–H and O–H groups in total. The zero-order chi connectivity index (χ0) is 11.4. The van der Waals surface area contributed by atoms with Crippen molar-refractivity contribution in [3.05, 3.63) is 23.4 Å². The maximum absolute atomic E-state index is 5.94. The highest BCUT2D eigenvalue weighted by atomic mass is 35.5. The Morgan fingerprint density at radius 1 is 1.38 bits per heavy atom. The van der Waals surface area contributed by atoms with Crippen LogP contribution in [0, 0.1) is 5.92 Å². The molecule has 16 heavy (non-hydrogen) atoms. The maximum atomic E-state index is 5.94. The quantitative estimate of drug-likeness (QED) is 0.793. The first-order chi connectivity index (χ1) is 7.79. The summed E-state index contributed by atoms with van der Waals surface area (Å²) in [6, 6.07) is 3.68. The SMILES string of the molecule is CCC1CCCCC1Oc1ccc(Cl)cn1. The van der Waals surface area contributed by atoms with Crippen LogP contribution < -0.4 is 4.74 Å². The molecule has 2 nitrogen and oxygen atoms in total. The van der Waals surface area contributed by atoms with Gasteiger partial charge < -0.3 is 4.74 Å². The van der Waals surface area contributed by atoms with Crippen molar-refractivity contribution < 1.29 is 4.74 Å². The van der Waals surface area contributed by atoms with Gasteiger partial charge in [-0.15, -0.1) is 0 Å². The fourth-order valence-corrected chi connectivity index (χ4v) is 2.49. The molecule has 1 heterocycles. The predicted molar refractivity (Wildman–Crippen MR) is 65.9 cm³/mol. The molecule has 0 amide bonds. The molecule has 0 aromatic carbocycles. The Labute approximate surface area is 102 Å². The van der Waals surface area contributed by atoms with Crippen LogP contribution in [0.2, 0.25) is 5.02 Å². The Morgan fingerprint density at radius 3 is 2.88 bits per heavy atom. The number of nitrogens with zero attached hydrogens (tertiary/aromatic N) is 1. The predicted octanol–water partition coefficient (Wildman–Crippen LogP) is 4.08. The molecule has 0 spiro atoms. The molecule has 1 fully saturated rings. The van der Waals surface area contributed by atoms with Crippen LogP contribution >= 0.6 is 11.6 Å².